The molecule has 0 atom stereocenters. The Bertz CT molecular complexity index is 3800. The normalized spacial score (nSPS) is 12.1. The third-order valence-corrected chi connectivity index (χ3v) is 12.4. The molecule has 0 unspecified atom stereocenters. The molecule has 13 rings (SSSR count). The molecule has 0 aliphatic heterocycles. The van der Waals surface area contributed by atoms with Gasteiger partial charge in [-0.25, -0.2) is 0 Å². The van der Waals surface area contributed by atoms with Crippen molar-refractivity contribution in [1.29, 1.82) is 0 Å². The molecule has 0 radical (unpaired) electrons. The first-order chi connectivity index (χ1) is 28.7. The quantitative estimate of drug-likeness (QED) is 0.169. The maximum Gasteiger partial charge on any atom is 0.143 e. The average Bonchev–Trinajstić information content (AvgIpc) is 3.85. The topological polar surface area (TPSA) is 26.3 Å². The van der Waals surface area contributed by atoms with Crippen LogP contribution in [0, 0.1) is 0 Å². The van der Waals surface area contributed by atoms with E-state index in [0.717, 1.165) is 54.6 Å². The van der Waals surface area contributed by atoms with Gasteiger partial charge in [0.1, 0.15) is 22.3 Å². The maximum atomic E-state index is 6.58. The van der Waals surface area contributed by atoms with E-state index in [1.54, 1.807) is 0 Å². The highest BCUT2D eigenvalue weighted by Crippen LogP contribution is 2.47. The molecule has 11 aromatic carbocycles. The first-order valence-electron chi connectivity index (χ1n) is 19.9. The van der Waals surface area contributed by atoms with Gasteiger partial charge in [-0.15, -0.1) is 0 Å². The SMILES string of the molecule is c1ccc2c(-c3c4ccccc4c(-c4ccc5cc(-c6cc7c8ccccc8oc7c7cc8oc9ccccc9c8cc67)ccc5c4)c4ccccc34)cccc2c1. The van der Waals surface area contributed by atoms with Crippen LogP contribution in [-0.2, 0) is 0 Å². The molecule has 2 aromatic heterocycles. The number of para-hydroxylation sites is 2. The van der Waals surface area contributed by atoms with Crippen molar-refractivity contribution in [3.63, 3.8) is 0 Å². The maximum absolute atomic E-state index is 6.58. The number of rotatable bonds is 3. The van der Waals surface area contributed by atoms with Crippen LogP contribution >= 0.6 is 0 Å². The van der Waals surface area contributed by atoms with Gasteiger partial charge >= 0.3 is 0 Å². The number of hydrogen-bond donors (Lipinski definition) is 0. The molecule has 2 heterocycles. The van der Waals surface area contributed by atoms with E-state index < -0.39 is 0 Å². The van der Waals surface area contributed by atoms with Crippen LogP contribution in [0.5, 0.6) is 0 Å². The average molecular weight is 737 g/mol. The highest BCUT2D eigenvalue weighted by Gasteiger charge is 2.20. The molecule has 13 aromatic rings. The van der Waals surface area contributed by atoms with Crippen molar-refractivity contribution in [2.24, 2.45) is 0 Å². The van der Waals surface area contributed by atoms with Gasteiger partial charge in [0.15, 0.2) is 0 Å². The standard InChI is InChI=1S/C56H32O2/c1-2-14-38-33(12-1)13-11-21-41(38)55-44-19-5-3-17-42(44)54(43-18-4-6-20-45(43)55)37-27-25-34-28-36(26-24-35(34)29-37)46-30-49-40-16-8-10-23-52(40)58-56(49)50-32-53-48(31-47(46)50)39-15-7-9-22-51(39)57-53/h1-32H. The van der Waals surface area contributed by atoms with Crippen LogP contribution in [0.3, 0.4) is 0 Å². The minimum atomic E-state index is 0.865. The van der Waals surface area contributed by atoms with Crippen molar-refractivity contribution < 1.29 is 8.83 Å². The van der Waals surface area contributed by atoms with Crippen molar-refractivity contribution in [3.05, 3.63) is 194 Å². The van der Waals surface area contributed by atoms with Crippen LogP contribution in [0.25, 0.3) is 131 Å². The summed E-state index contributed by atoms with van der Waals surface area (Å²) in [6, 6.07) is 70.5. The molecule has 268 valence electrons. The van der Waals surface area contributed by atoms with Gasteiger partial charge in [0.05, 0.1) is 0 Å². The highest BCUT2D eigenvalue weighted by atomic mass is 16.3. The fourth-order valence-corrected chi connectivity index (χ4v) is 9.79. The summed E-state index contributed by atoms with van der Waals surface area (Å²) < 4.78 is 13.0. The van der Waals surface area contributed by atoms with Crippen molar-refractivity contribution in [2.45, 2.75) is 0 Å². The smallest absolute Gasteiger partial charge is 0.143 e. The van der Waals surface area contributed by atoms with Crippen LogP contribution in [0.1, 0.15) is 0 Å². The Kier molecular flexibility index (Phi) is 6.47. The summed E-state index contributed by atoms with van der Waals surface area (Å²) in [5.41, 5.74) is 10.9. The molecule has 0 spiro atoms. The molecule has 0 N–H and O–H groups in total. The third kappa shape index (κ3) is 4.48. The van der Waals surface area contributed by atoms with Gasteiger partial charge < -0.3 is 8.83 Å². The molecule has 0 amide bonds. The number of furan rings is 2. The van der Waals surface area contributed by atoms with Crippen LogP contribution in [0.2, 0.25) is 0 Å². The minimum Gasteiger partial charge on any atom is -0.456 e. The lowest BCUT2D eigenvalue weighted by atomic mass is 9.84. The van der Waals surface area contributed by atoms with Gasteiger partial charge in [-0.3, -0.25) is 0 Å². The molecule has 58 heavy (non-hydrogen) atoms. The molecule has 0 bridgehead atoms. The number of benzene rings is 11. The van der Waals surface area contributed by atoms with Crippen molar-refractivity contribution in [3.8, 4) is 33.4 Å². The third-order valence-electron chi connectivity index (χ3n) is 12.4. The lowest BCUT2D eigenvalue weighted by Gasteiger charge is -2.19. The zero-order valence-electron chi connectivity index (χ0n) is 31.3. The summed E-state index contributed by atoms with van der Waals surface area (Å²) in [6.45, 7) is 0. The zero-order valence-corrected chi connectivity index (χ0v) is 31.3. The minimum absolute atomic E-state index is 0.865. The molecule has 0 aliphatic rings. The number of fused-ring (bicyclic) bond motifs is 12. The second-order valence-corrected chi connectivity index (χ2v) is 15.5. The Morgan fingerprint density at radius 3 is 1.50 bits per heavy atom. The van der Waals surface area contributed by atoms with Crippen LogP contribution in [-0.4, -0.2) is 0 Å². The van der Waals surface area contributed by atoms with Gasteiger partial charge in [-0.05, 0) is 124 Å². The summed E-state index contributed by atoms with van der Waals surface area (Å²) in [7, 11) is 0. The molecule has 0 saturated carbocycles. The largest absolute Gasteiger partial charge is 0.456 e. The first kappa shape index (κ1) is 31.5. The van der Waals surface area contributed by atoms with E-state index in [1.807, 2.05) is 18.2 Å². The van der Waals surface area contributed by atoms with E-state index in [-0.39, 0.29) is 0 Å². The lowest BCUT2D eigenvalue weighted by molar-refractivity contribution is 0.667. The molecular weight excluding hydrogens is 705 g/mol. The molecule has 0 aliphatic carbocycles. The summed E-state index contributed by atoms with van der Waals surface area (Å²) in [5.74, 6) is 0. The van der Waals surface area contributed by atoms with Crippen molar-refractivity contribution in [1.82, 2.24) is 0 Å². The van der Waals surface area contributed by atoms with E-state index in [2.05, 4.69) is 176 Å². The molecule has 0 fully saturated rings. The van der Waals surface area contributed by atoms with Crippen molar-refractivity contribution in [2.75, 3.05) is 0 Å². The lowest BCUT2D eigenvalue weighted by Crippen LogP contribution is -1.91. The predicted molar refractivity (Wildman–Crippen MR) is 245 cm³/mol. The van der Waals surface area contributed by atoms with Crippen molar-refractivity contribution >= 4 is 97.7 Å². The fraction of sp³-hybridized carbons (Fsp3) is 0. The van der Waals surface area contributed by atoms with Gasteiger partial charge in [0.2, 0.25) is 0 Å². The highest BCUT2D eigenvalue weighted by molar-refractivity contribution is 6.25. The Balaban J connectivity index is 1.03. The van der Waals surface area contributed by atoms with Gasteiger partial charge in [0.25, 0.3) is 0 Å². The second kappa shape index (κ2) is 11.9. The number of hydrogen-bond acceptors (Lipinski definition) is 2. The summed E-state index contributed by atoms with van der Waals surface area (Å²) in [5, 5.41) is 16.6. The predicted octanol–water partition coefficient (Wildman–Crippen LogP) is 16.3. The van der Waals surface area contributed by atoms with E-state index >= 15 is 0 Å². The monoisotopic (exact) mass is 736 g/mol. The van der Waals surface area contributed by atoms with Crippen LogP contribution < -0.4 is 0 Å². The molecule has 2 nitrogen and oxygen atoms in total. The van der Waals surface area contributed by atoms with Gasteiger partial charge in [-0.1, -0.05) is 152 Å². The molecule has 2 heteroatoms. The van der Waals surface area contributed by atoms with E-state index in [0.29, 0.717) is 0 Å². The van der Waals surface area contributed by atoms with E-state index in [4.69, 9.17) is 8.83 Å². The van der Waals surface area contributed by atoms with Gasteiger partial charge in [-0.2, -0.15) is 0 Å². The Morgan fingerprint density at radius 1 is 0.241 bits per heavy atom. The molecule has 0 saturated heterocycles. The summed E-state index contributed by atoms with van der Waals surface area (Å²) >= 11 is 0. The van der Waals surface area contributed by atoms with E-state index in [9.17, 15) is 0 Å². The zero-order chi connectivity index (χ0) is 37.9. The Morgan fingerprint density at radius 2 is 0.776 bits per heavy atom. The summed E-state index contributed by atoms with van der Waals surface area (Å²) in [4.78, 5) is 0. The Labute approximate surface area is 332 Å². The first-order valence-corrected chi connectivity index (χ1v) is 19.9. The van der Waals surface area contributed by atoms with E-state index in [1.165, 1.54) is 76.5 Å². The second-order valence-electron chi connectivity index (χ2n) is 15.5. The Hall–Kier alpha value is -7.68. The van der Waals surface area contributed by atoms with Gasteiger partial charge in [0, 0.05) is 26.9 Å². The summed E-state index contributed by atoms with van der Waals surface area (Å²) in [6.07, 6.45) is 0. The van der Waals surface area contributed by atoms with Crippen LogP contribution in [0.4, 0.5) is 0 Å². The molecular formula is C56H32O2. The fourth-order valence-electron chi connectivity index (χ4n) is 9.79. The van der Waals surface area contributed by atoms with Crippen LogP contribution in [0.15, 0.2) is 203 Å².